The van der Waals surface area contributed by atoms with Crippen LogP contribution in [0.3, 0.4) is 0 Å². The minimum Gasteiger partial charge on any atom is -0.346 e. The molecule has 0 aliphatic carbocycles. The summed E-state index contributed by atoms with van der Waals surface area (Å²) in [6.07, 6.45) is 7.47. The highest BCUT2D eigenvalue weighted by Crippen LogP contribution is 2.41. The number of rotatable bonds is 7. The lowest BCUT2D eigenvalue weighted by Crippen LogP contribution is -2.43. The van der Waals surface area contributed by atoms with Gasteiger partial charge in [0.05, 0.1) is 11.1 Å². The number of carbonyl (C=O) groups is 2. The molecule has 4 aromatic rings. The van der Waals surface area contributed by atoms with Gasteiger partial charge >= 0.3 is 6.03 Å². The predicted molar refractivity (Wildman–Crippen MR) is 175 cm³/mol. The Morgan fingerprint density at radius 3 is 2.44 bits per heavy atom. The van der Waals surface area contributed by atoms with Gasteiger partial charge in [0, 0.05) is 60.8 Å². The highest BCUT2D eigenvalue weighted by Gasteiger charge is 2.37. The second-order valence-electron chi connectivity index (χ2n) is 13.1. The van der Waals surface area contributed by atoms with Gasteiger partial charge in [-0.2, -0.15) is 0 Å². The van der Waals surface area contributed by atoms with E-state index in [1.807, 2.05) is 22.2 Å². The van der Waals surface area contributed by atoms with Gasteiger partial charge < -0.3 is 20.1 Å². The smallest absolute Gasteiger partial charge is 0.317 e. The van der Waals surface area contributed by atoms with Gasteiger partial charge in [0.25, 0.3) is 0 Å². The number of urea groups is 1. The van der Waals surface area contributed by atoms with E-state index in [9.17, 15) is 9.59 Å². The topological polar surface area (TPSA) is 81.3 Å². The maximum absolute atomic E-state index is 13.5. The Balaban J connectivity index is 1.26. The number of benzene rings is 1. The van der Waals surface area contributed by atoms with E-state index >= 15 is 0 Å². The summed E-state index contributed by atoms with van der Waals surface area (Å²) in [5.74, 6) is 0.557. The van der Waals surface area contributed by atoms with Gasteiger partial charge in [-0.15, -0.1) is 11.3 Å². The third kappa shape index (κ3) is 5.94. The lowest BCUT2D eigenvalue weighted by atomic mass is 9.89. The van der Waals surface area contributed by atoms with Crippen LogP contribution < -0.4 is 5.32 Å². The van der Waals surface area contributed by atoms with Crippen LogP contribution in [0, 0.1) is 13.8 Å². The average molecular weight is 598 g/mol. The number of carbonyl (C=O) groups excluding carboxylic acids is 2. The number of amides is 3. The lowest BCUT2D eigenvalue weighted by molar-refractivity contribution is -0.135. The maximum atomic E-state index is 13.5. The molecule has 1 aromatic carbocycles. The molecule has 0 saturated carbocycles. The number of likely N-dealkylation sites (tertiary alicyclic amines) is 2. The molecule has 2 aliphatic heterocycles. The molecular formula is C35H43N5O2S. The van der Waals surface area contributed by atoms with Crippen LogP contribution in [0.15, 0.2) is 48.8 Å². The average Bonchev–Trinajstić information content (AvgIpc) is 3.78. The fourth-order valence-corrected chi connectivity index (χ4v) is 8.03. The number of hydrogen-bond donors (Lipinski definition) is 2. The summed E-state index contributed by atoms with van der Waals surface area (Å²) < 4.78 is 0. The van der Waals surface area contributed by atoms with Crippen molar-refractivity contribution in [3.63, 3.8) is 0 Å². The minimum atomic E-state index is -0.590. The van der Waals surface area contributed by atoms with Crippen molar-refractivity contribution in [2.45, 2.75) is 77.7 Å². The predicted octanol–water partition coefficient (Wildman–Crippen LogP) is 6.94. The van der Waals surface area contributed by atoms with Crippen LogP contribution in [0.25, 0.3) is 21.5 Å². The molecule has 2 aliphatic rings. The molecule has 43 heavy (non-hydrogen) atoms. The van der Waals surface area contributed by atoms with Crippen LogP contribution in [0.1, 0.15) is 73.1 Å². The molecule has 226 valence electrons. The van der Waals surface area contributed by atoms with Crippen LogP contribution >= 0.6 is 11.3 Å². The molecule has 6 rings (SSSR count). The van der Waals surface area contributed by atoms with Crippen LogP contribution in [-0.2, 0) is 16.6 Å². The third-order valence-electron chi connectivity index (χ3n) is 9.18. The number of pyridine rings is 1. The van der Waals surface area contributed by atoms with E-state index in [4.69, 9.17) is 0 Å². The van der Waals surface area contributed by atoms with E-state index in [1.54, 1.807) is 11.3 Å². The van der Waals surface area contributed by atoms with E-state index < -0.39 is 5.41 Å². The molecule has 3 amide bonds. The van der Waals surface area contributed by atoms with Gasteiger partial charge in [-0.1, -0.05) is 17.2 Å². The molecule has 7 nitrogen and oxygen atoms in total. The molecule has 0 radical (unpaired) electrons. The first-order valence-corrected chi connectivity index (χ1v) is 16.4. The molecule has 2 N–H and O–H groups in total. The summed E-state index contributed by atoms with van der Waals surface area (Å²) in [5.41, 5.74) is 6.53. The summed E-state index contributed by atoms with van der Waals surface area (Å²) in [6.45, 7) is 13.6. The van der Waals surface area contributed by atoms with Crippen molar-refractivity contribution < 1.29 is 9.59 Å². The van der Waals surface area contributed by atoms with Crippen molar-refractivity contribution in [2.75, 3.05) is 26.2 Å². The number of fused-ring (bicyclic) bond motifs is 1. The fraction of sp³-hybridized carbons (Fsp3) is 0.457. The fourth-order valence-electron chi connectivity index (χ4n) is 6.85. The summed E-state index contributed by atoms with van der Waals surface area (Å²) in [5, 5.41) is 4.44. The minimum absolute atomic E-state index is 0.00728. The van der Waals surface area contributed by atoms with Crippen molar-refractivity contribution in [3.8, 4) is 11.3 Å². The summed E-state index contributed by atoms with van der Waals surface area (Å²) >= 11 is 1.69. The van der Waals surface area contributed by atoms with E-state index in [1.165, 1.54) is 22.3 Å². The number of hydrogen-bond acceptors (Lipinski definition) is 4. The van der Waals surface area contributed by atoms with Crippen molar-refractivity contribution in [3.05, 3.63) is 75.9 Å². The third-order valence-corrected chi connectivity index (χ3v) is 10.6. The molecular weight excluding hydrogens is 554 g/mol. The molecule has 0 bridgehead atoms. The number of aryl methyl sites for hydroxylation is 2. The first-order chi connectivity index (χ1) is 20.6. The van der Waals surface area contributed by atoms with E-state index in [0.29, 0.717) is 12.3 Å². The highest BCUT2D eigenvalue weighted by molar-refractivity contribution is 7.19. The van der Waals surface area contributed by atoms with Crippen molar-refractivity contribution in [1.82, 2.24) is 25.1 Å². The number of aromatic amines is 1. The molecule has 2 fully saturated rings. The normalized spacial score (nSPS) is 18.0. The first-order valence-electron chi connectivity index (χ1n) is 15.6. The second kappa shape index (κ2) is 11.8. The SMILES string of the molecule is Cc1cc(C)cc(-c2[nH]c3sc(C(C)(C)C(=O)N4CCCC4)cc3c2CC(C)NC(=O)N2CCC(c3ccncc3)C2)c1. The molecule has 2 saturated heterocycles. The van der Waals surface area contributed by atoms with Crippen LogP contribution in [0.5, 0.6) is 0 Å². The molecule has 2 atom stereocenters. The number of thiophene rings is 1. The second-order valence-corrected chi connectivity index (χ2v) is 14.2. The van der Waals surface area contributed by atoms with Gasteiger partial charge in [-0.25, -0.2) is 4.79 Å². The van der Waals surface area contributed by atoms with Gasteiger partial charge in [-0.3, -0.25) is 9.78 Å². The summed E-state index contributed by atoms with van der Waals surface area (Å²) in [7, 11) is 0. The van der Waals surface area contributed by atoms with Gasteiger partial charge in [0.1, 0.15) is 4.83 Å². The Labute approximate surface area is 258 Å². The zero-order chi connectivity index (χ0) is 30.3. The lowest BCUT2D eigenvalue weighted by Gasteiger charge is -2.28. The number of nitrogens with zero attached hydrogens (tertiary/aromatic N) is 3. The number of H-pyrrole nitrogens is 1. The van der Waals surface area contributed by atoms with Crippen molar-refractivity contribution >= 4 is 33.5 Å². The monoisotopic (exact) mass is 597 g/mol. The van der Waals surface area contributed by atoms with Crippen LogP contribution in [0.4, 0.5) is 4.79 Å². The summed E-state index contributed by atoms with van der Waals surface area (Å²) in [6, 6.07) is 12.9. The molecule has 5 heterocycles. The largest absolute Gasteiger partial charge is 0.346 e. The Morgan fingerprint density at radius 2 is 1.74 bits per heavy atom. The van der Waals surface area contributed by atoms with Crippen molar-refractivity contribution in [1.29, 1.82) is 0 Å². The summed E-state index contributed by atoms with van der Waals surface area (Å²) in [4.78, 5) is 40.9. The van der Waals surface area contributed by atoms with E-state index in [2.05, 4.69) is 86.3 Å². The maximum Gasteiger partial charge on any atom is 0.317 e. The zero-order valence-electron chi connectivity index (χ0n) is 26.0. The van der Waals surface area contributed by atoms with E-state index in [0.717, 1.165) is 71.8 Å². The van der Waals surface area contributed by atoms with Gasteiger partial charge in [0.2, 0.25) is 5.91 Å². The molecule has 3 aromatic heterocycles. The standard InChI is InChI=1S/C35H43N5O2S/c1-22-16-23(2)18-27(17-22)31-28(19-24(3)37-34(42)40-15-10-26(21-40)25-8-11-36-12-9-25)29-20-30(43-32(29)38-31)35(4,5)33(41)39-13-6-7-14-39/h8-9,11-12,16-18,20,24,26,38H,6-7,10,13-15,19,21H2,1-5H3,(H,37,42). The first kappa shape index (κ1) is 29.4. The molecule has 2 unspecified atom stereocenters. The molecule has 8 heteroatoms. The van der Waals surface area contributed by atoms with Gasteiger partial charge in [-0.05, 0) is 107 Å². The van der Waals surface area contributed by atoms with Crippen LogP contribution in [-0.4, -0.2) is 63.9 Å². The Hall–Kier alpha value is -3.65. The Kier molecular flexibility index (Phi) is 8.07. The Morgan fingerprint density at radius 1 is 1.05 bits per heavy atom. The quantitative estimate of drug-likeness (QED) is 0.242. The van der Waals surface area contributed by atoms with Crippen LogP contribution in [0.2, 0.25) is 0 Å². The molecule has 0 spiro atoms. The zero-order valence-corrected chi connectivity index (χ0v) is 26.8. The number of aromatic nitrogens is 2. The number of nitrogens with one attached hydrogen (secondary N) is 2. The Bertz CT molecular complexity index is 1610. The van der Waals surface area contributed by atoms with Crippen molar-refractivity contribution in [2.24, 2.45) is 0 Å². The highest BCUT2D eigenvalue weighted by atomic mass is 32.1. The van der Waals surface area contributed by atoms with E-state index in [-0.39, 0.29) is 18.0 Å². The van der Waals surface area contributed by atoms with Gasteiger partial charge in [0.15, 0.2) is 0 Å².